The Labute approximate surface area is 143 Å². The largest absolute Gasteiger partial charge is 0.364 e. The van der Waals surface area contributed by atoms with Crippen molar-refractivity contribution in [3.8, 4) is 0 Å². The Morgan fingerprint density at radius 1 is 1.38 bits per heavy atom. The Balaban J connectivity index is 1.76. The monoisotopic (exact) mass is 327 g/mol. The van der Waals surface area contributed by atoms with Gasteiger partial charge in [0.25, 0.3) is 5.91 Å². The van der Waals surface area contributed by atoms with E-state index in [0.29, 0.717) is 19.2 Å². The minimum atomic E-state index is -0.515. The van der Waals surface area contributed by atoms with Crippen LogP contribution in [0.1, 0.15) is 43.3 Å². The summed E-state index contributed by atoms with van der Waals surface area (Å²) in [7, 11) is 0. The summed E-state index contributed by atoms with van der Waals surface area (Å²) < 4.78 is 7.96. The number of carbonyl (C=O) groups is 1. The van der Waals surface area contributed by atoms with Crippen molar-refractivity contribution in [1.82, 2.24) is 14.5 Å². The number of piperidine rings is 1. The lowest BCUT2D eigenvalue weighted by Gasteiger charge is -2.35. The van der Waals surface area contributed by atoms with Crippen LogP contribution in [0.25, 0.3) is 0 Å². The summed E-state index contributed by atoms with van der Waals surface area (Å²) >= 11 is 0. The SMILES string of the molecule is CCOC(C(=O)N1CCCC(n2ccnc2C)C1)c1ccccc1. The van der Waals surface area contributed by atoms with Crippen molar-refractivity contribution >= 4 is 5.91 Å². The number of hydrogen-bond donors (Lipinski definition) is 0. The Bertz CT molecular complexity index is 668. The number of rotatable bonds is 5. The first-order valence-corrected chi connectivity index (χ1v) is 8.65. The van der Waals surface area contributed by atoms with Crippen molar-refractivity contribution in [3.63, 3.8) is 0 Å². The highest BCUT2D eigenvalue weighted by Crippen LogP contribution is 2.27. The normalized spacial score (nSPS) is 19.2. The van der Waals surface area contributed by atoms with Crippen LogP contribution in [0.3, 0.4) is 0 Å². The number of likely N-dealkylation sites (tertiary alicyclic amines) is 1. The van der Waals surface area contributed by atoms with Crippen LogP contribution >= 0.6 is 0 Å². The summed E-state index contributed by atoms with van der Waals surface area (Å²) in [5, 5.41) is 0. The average Bonchev–Trinajstić information content (AvgIpc) is 3.06. The molecular weight excluding hydrogens is 302 g/mol. The third kappa shape index (κ3) is 3.51. The maximum absolute atomic E-state index is 13.1. The molecule has 24 heavy (non-hydrogen) atoms. The summed E-state index contributed by atoms with van der Waals surface area (Å²) in [5.41, 5.74) is 0.922. The van der Waals surface area contributed by atoms with Crippen LogP contribution < -0.4 is 0 Å². The molecule has 3 rings (SSSR count). The van der Waals surface area contributed by atoms with Gasteiger partial charge in [-0.3, -0.25) is 4.79 Å². The van der Waals surface area contributed by atoms with Crippen LogP contribution in [0, 0.1) is 6.92 Å². The Kier molecular flexibility index (Phi) is 5.30. The Hall–Kier alpha value is -2.14. The molecule has 1 saturated heterocycles. The van der Waals surface area contributed by atoms with Gasteiger partial charge in [-0.05, 0) is 32.3 Å². The van der Waals surface area contributed by atoms with Gasteiger partial charge in [-0.2, -0.15) is 0 Å². The number of carbonyl (C=O) groups excluding carboxylic acids is 1. The van der Waals surface area contributed by atoms with Crippen LogP contribution in [0.2, 0.25) is 0 Å². The zero-order chi connectivity index (χ0) is 16.9. The van der Waals surface area contributed by atoms with Crippen molar-refractivity contribution in [2.24, 2.45) is 0 Å². The number of benzene rings is 1. The first-order valence-electron chi connectivity index (χ1n) is 8.65. The molecule has 5 heteroatoms. The maximum atomic E-state index is 13.1. The van der Waals surface area contributed by atoms with Crippen LogP contribution in [0.4, 0.5) is 0 Å². The van der Waals surface area contributed by atoms with Gasteiger partial charge in [0.2, 0.25) is 0 Å². The molecule has 0 N–H and O–H groups in total. The van der Waals surface area contributed by atoms with E-state index >= 15 is 0 Å². The molecule has 2 aromatic rings. The van der Waals surface area contributed by atoms with Gasteiger partial charge in [0.15, 0.2) is 6.10 Å². The predicted molar refractivity (Wildman–Crippen MR) is 92.6 cm³/mol. The highest BCUT2D eigenvalue weighted by atomic mass is 16.5. The summed E-state index contributed by atoms with van der Waals surface area (Å²) in [6, 6.07) is 10.1. The second-order valence-corrected chi connectivity index (χ2v) is 6.21. The van der Waals surface area contributed by atoms with E-state index in [-0.39, 0.29) is 5.91 Å². The molecule has 0 aliphatic carbocycles. The molecule has 1 aliphatic rings. The number of imidazole rings is 1. The molecule has 1 amide bonds. The van der Waals surface area contributed by atoms with Gasteiger partial charge >= 0.3 is 0 Å². The minimum Gasteiger partial charge on any atom is -0.364 e. The molecule has 2 atom stereocenters. The van der Waals surface area contributed by atoms with E-state index in [2.05, 4.69) is 9.55 Å². The fraction of sp³-hybridized carbons (Fsp3) is 0.474. The van der Waals surface area contributed by atoms with Gasteiger partial charge in [0, 0.05) is 32.1 Å². The van der Waals surface area contributed by atoms with Gasteiger partial charge in [-0.1, -0.05) is 30.3 Å². The van der Waals surface area contributed by atoms with Crippen LogP contribution in [0.5, 0.6) is 0 Å². The van der Waals surface area contributed by atoms with E-state index < -0.39 is 6.10 Å². The molecule has 1 aromatic carbocycles. The quantitative estimate of drug-likeness (QED) is 0.847. The zero-order valence-corrected chi connectivity index (χ0v) is 14.4. The molecule has 5 nitrogen and oxygen atoms in total. The summed E-state index contributed by atoms with van der Waals surface area (Å²) in [4.78, 5) is 19.3. The predicted octanol–water partition coefficient (Wildman–Crippen LogP) is 3.13. The Morgan fingerprint density at radius 2 is 2.17 bits per heavy atom. The van der Waals surface area contributed by atoms with E-state index in [0.717, 1.165) is 30.8 Å². The number of amides is 1. The molecular formula is C19H25N3O2. The summed E-state index contributed by atoms with van der Waals surface area (Å²) in [5.74, 6) is 1.06. The van der Waals surface area contributed by atoms with Crippen LogP contribution in [0.15, 0.2) is 42.7 Å². The van der Waals surface area contributed by atoms with Crippen LogP contribution in [-0.4, -0.2) is 40.1 Å². The zero-order valence-electron chi connectivity index (χ0n) is 14.4. The van der Waals surface area contributed by atoms with Gasteiger partial charge < -0.3 is 14.2 Å². The molecule has 1 aromatic heterocycles. The number of aromatic nitrogens is 2. The summed E-state index contributed by atoms with van der Waals surface area (Å²) in [6.07, 6.45) is 5.39. The van der Waals surface area contributed by atoms with Gasteiger partial charge in [0.05, 0.1) is 6.04 Å². The molecule has 0 spiro atoms. The summed E-state index contributed by atoms with van der Waals surface area (Å²) in [6.45, 7) is 5.96. The number of ether oxygens (including phenoxy) is 1. The molecule has 0 radical (unpaired) electrons. The topological polar surface area (TPSA) is 47.4 Å². The smallest absolute Gasteiger partial charge is 0.256 e. The molecule has 1 aliphatic heterocycles. The fourth-order valence-electron chi connectivity index (χ4n) is 3.43. The van der Waals surface area contributed by atoms with Crippen molar-refractivity contribution in [3.05, 3.63) is 54.1 Å². The second-order valence-electron chi connectivity index (χ2n) is 6.21. The standard InChI is InChI=1S/C19H25N3O2/c1-3-24-18(16-8-5-4-6-9-16)19(23)21-12-7-10-17(14-21)22-13-11-20-15(22)2/h4-6,8-9,11,13,17-18H,3,7,10,12,14H2,1-2H3. The molecule has 0 saturated carbocycles. The van der Waals surface area contributed by atoms with E-state index in [1.807, 2.05) is 61.5 Å². The van der Waals surface area contributed by atoms with Crippen molar-refractivity contribution in [2.75, 3.05) is 19.7 Å². The van der Waals surface area contributed by atoms with Gasteiger partial charge in [0.1, 0.15) is 5.82 Å². The van der Waals surface area contributed by atoms with Crippen molar-refractivity contribution in [1.29, 1.82) is 0 Å². The third-order valence-corrected chi connectivity index (χ3v) is 4.62. The maximum Gasteiger partial charge on any atom is 0.256 e. The van der Waals surface area contributed by atoms with Gasteiger partial charge in [-0.25, -0.2) is 4.98 Å². The van der Waals surface area contributed by atoms with E-state index in [1.54, 1.807) is 0 Å². The average molecular weight is 327 g/mol. The lowest BCUT2D eigenvalue weighted by Crippen LogP contribution is -2.43. The van der Waals surface area contributed by atoms with Gasteiger partial charge in [-0.15, -0.1) is 0 Å². The number of hydrogen-bond acceptors (Lipinski definition) is 3. The van der Waals surface area contributed by atoms with E-state index in [1.165, 1.54) is 0 Å². The molecule has 1 fully saturated rings. The fourth-order valence-corrected chi connectivity index (χ4v) is 3.43. The van der Waals surface area contributed by atoms with Crippen LogP contribution in [-0.2, 0) is 9.53 Å². The first-order chi connectivity index (χ1) is 11.7. The lowest BCUT2D eigenvalue weighted by molar-refractivity contribution is -0.145. The number of nitrogens with zero attached hydrogens (tertiary/aromatic N) is 3. The van der Waals surface area contributed by atoms with E-state index in [4.69, 9.17) is 4.74 Å². The Morgan fingerprint density at radius 3 is 2.83 bits per heavy atom. The minimum absolute atomic E-state index is 0.0607. The highest BCUT2D eigenvalue weighted by Gasteiger charge is 2.31. The molecule has 0 bridgehead atoms. The van der Waals surface area contributed by atoms with Crippen molar-refractivity contribution in [2.45, 2.75) is 38.8 Å². The van der Waals surface area contributed by atoms with Crippen molar-refractivity contribution < 1.29 is 9.53 Å². The molecule has 2 heterocycles. The second kappa shape index (κ2) is 7.62. The molecule has 128 valence electrons. The first kappa shape index (κ1) is 16.7. The van der Waals surface area contributed by atoms with E-state index in [9.17, 15) is 4.79 Å². The lowest BCUT2D eigenvalue weighted by atomic mass is 10.0. The highest BCUT2D eigenvalue weighted by molar-refractivity contribution is 5.82. The number of aryl methyl sites for hydroxylation is 1. The molecule has 2 unspecified atom stereocenters. The third-order valence-electron chi connectivity index (χ3n) is 4.62.